The first kappa shape index (κ1) is 74.9. The summed E-state index contributed by atoms with van der Waals surface area (Å²) in [6.45, 7) is 18.5. The minimum atomic E-state index is -0.635. The highest BCUT2D eigenvalue weighted by atomic mass is 19.1. The monoisotopic (exact) mass is 1520 g/mol. The molecule has 0 aliphatic rings. The quantitative estimate of drug-likeness (QED) is 0.112. The maximum absolute atomic E-state index is 15.1. The molecule has 0 saturated carbocycles. The Labute approximate surface area is 655 Å². The summed E-state index contributed by atoms with van der Waals surface area (Å²) in [6.07, 6.45) is 8.24. The normalized spacial score (nSPS) is 11.5. The van der Waals surface area contributed by atoms with Crippen molar-refractivity contribution < 1.29 is 62.3 Å². The zero-order valence-corrected chi connectivity index (χ0v) is 65.5. The molecule has 564 valence electrons. The smallest absolute Gasteiger partial charge is 0.216 e. The molecule has 8 nitrogen and oxygen atoms in total. The van der Waals surface area contributed by atoms with Crippen LogP contribution in [0.4, 0.5) is 26.3 Å². The molecule has 0 N–H and O–H groups in total. The molecule has 0 saturated heterocycles. The highest BCUT2D eigenvalue weighted by molar-refractivity contribution is 6.16. The molecule has 0 aliphatic heterocycles. The van der Waals surface area contributed by atoms with E-state index in [0.29, 0.717) is 77.6 Å². The fourth-order valence-corrected chi connectivity index (χ4v) is 16.1. The molecule has 19 rings (SSSR count). The third kappa shape index (κ3) is 13.5. The number of hydrogen-bond acceptors (Lipinski definition) is 4. The summed E-state index contributed by atoms with van der Waals surface area (Å²) in [4.78, 5) is 0. The summed E-state index contributed by atoms with van der Waals surface area (Å²) in [6, 6.07) is 70.3. The average Bonchev–Trinajstić information content (AvgIpc) is 1.59. The van der Waals surface area contributed by atoms with Crippen molar-refractivity contribution in [2.45, 2.75) is 68.2 Å². The van der Waals surface area contributed by atoms with Crippen LogP contribution in [-0.2, 0) is 28.2 Å². The second-order valence-electron chi connectivity index (χ2n) is 30.0. The number of halogens is 6. The molecular weight excluding hydrogens is 1440 g/mol. The molecule has 8 heterocycles. The van der Waals surface area contributed by atoms with Crippen molar-refractivity contribution in [2.24, 2.45) is 28.2 Å². The number of aryl methyl sites for hydroxylation is 11. The van der Waals surface area contributed by atoms with Gasteiger partial charge in [-0.1, -0.05) is 141 Å². The van der Waals surface area contributed by atoms with E-state index in [1.165, 1.54) is 41.5 Å². The molecule has 0 radical (unpaired) electrons. The van der Waals surface area contributed by atoms with Crippen LogP contribution in [0.3, 0.4) is 0 Å². The Bertz CT molecular complexity index is 7040. The van der Waals surface area contributed by atoms with Gasteiger partial charge in [0.15, 0.2) is 30.4 Å². The van der Waals surface area contributed by atoms with Crippen LogP contribution in [0.25, 0.3) is 166 Å². The standard InChI is InChI=1S/2C26H20F2NO.C26H21FNO.C22H21FNO/c1-15-9-12-21(29(3)14-15)22-16(2)13-20(28)24-18-10-11-19(27)23(25(18)30-26(22)24)17-7-5-4-6-8-17;1-15-9-12-21(29(3)14-15)22-16(2)10-11-18-24-20(28)13-19(27)23(26(24)30-25(18)22)17-7-5-4-6-8-17;1-16-9-14-22(28(3)15-16)23-17(2)10-11-19-20-12-13-21(27)24(26(20)29-25(19)23)18-7-5-4-6-8-18;1-13(2)15-9-10-24(4)19(11-15)21-14(3)5-7-18-17-8-6-16(23)12-20(17)25-22(18)21/h2*4-14H,1-3H3;4-15H,1-3H3;5-13H,1-4H3/q4*+1. The van der Waals surface area contributed by atoms with E-state index < -0.39 is 17.5 Å². The number of pyridine rings is 4. The summed E-state index contributed by atoms with van der Waals surface area (Å²) < 4.78 is 122. The van der Waals surface area contributed by atoms with Crippen molar-refractivity contribution in [3.63, 3.8) is 0 Å². The number of hydrogen-bond donors (Lipinski definition) is 0. The summed E-state index contributed by atoms with van der Waals surface area (Å²) in [5.74, 6) is -2.13. The van der Waals surface area contributed by atoms with Crippen molar-refractivity contribution in [2.75, 3.05) is 0 Å². The van der Waals surface area contributed by atoms with Gasteiger partial charge in [0.2, 0.25) is 22.8 Å². The fourth-order valence-electron chi connectivity index (χ4n) is 16.1. The molecule has 0 unspecified atom stereocenters. The summed E-state index contributed by atoms with van der Waals surface area (Å²) in [5.41, 5.74) is 24.3. The van der Waals surface area contributed by atoms with Crippen LogP contribution in [-0.4, -0.2) is 0 Å². The summed E-state index contributed by atoms with van der Waals surface area (Å²) in [5, 5.41) is 5.78. The van der Waals surface area contributed by atoms with E-state index in [0.717, 1.165) is 123 Å². The second-order valence-corrected chi connectivity index (χ2v) is 30.0. The Balaban J connectivity index is 0.000000115. The maximum atomic E-state index is 15.1. The lowest BCUT2D eigenvalue weighted by molar-refractivity contribution is -0.660. The van der Waals surface area contributed by atoms with Crippen molar-refractivity contribution in [1.29, 1.82) is 0 Å². The van der Waals surface area contributed by atoms with E-state index in [-0.39, 0.29) is 28.6 Å². The molecule has 0 spiro atoms. The van der Waals surface area contributed by atoms with E-state index in [1.54, 1.807) is 24.3 Å². The van der Waals surface area contributed by atoms with Gasteiger partial charge in [0.25, 0.3) is 0 Å². The van der Waals surface area contributed by atoms with Crippen molar-refractivity contribution in [1.82, 2.24) is 0 Å². The van der Waals surface area contributed by atoms with Gasteiger partial charge in [0.1, 0.15) is 102 Å². The Hall–Kier alpha value is -13.2. The number of aromatic nitrogens is 4. The van der Waals surface area contributed by atoms with Crippen LogP contribution in [0.1, 0.15) is 64.3 Å². The molecule has 11 aromatic carbocycles. The van der Waals surface area contributed by atoms with Crippen molar-refractivity contribution in [3.05, 3.63) is 335 Å². The molecule has 0 amide bonds. The van der Waals surface area contributed by atoms with E-state index >= 15 is 4.39 Å². The number of nitrogens with zero attached hydrogens (tertiary/aromatic N) is 4. The first-order valence-electron chi connectivity index (χ1n) is 37.9. The minimum Gasteiger partial charge on any atom is -0.455 e. The van der Waals surface area contributed by atoms with Crippen LogP contribution in [0.5, 0.6) is 0 Å². The summed E-state index contributed by atoms with van der Waals surface area (Å²) >= 11 is 0. The van der Waals surface area contributed by atoms with Gasteiger partial charge in [-0.25, -0.2) is 44.6 Å². The fraction of sp³-hybridized carbons (Fsp3) is 0.140. The molecule has 14 heteroatoms. The zero-order valence-electron chi connectivity index (χ0n) is 65.5. The van der Waals surface area contributed by atoms with E-state index in [1.807, 2.05) is 199 Å². The number of fused-ring (bicyclic) bond motifs is 12. The lowest BCUT2D eigenvalue weighted by Crippen LogP contribution is -2.31. The van der Waals surface area contributed by atoms with Gasteiger partial charge in [0, 0.05) is 91.5 Å². The SMILES string of the molecule is Cc1ccc(-c2c(C)cc(F)c3c2oc2c(-c4ccccc4)c(F)ccc23)[n+](C)c1.Cc1ccc(-c2c(C)ccc3c2oc2c(-c4ccccc4)c(F)cc(F)c23)[n+](C)c1.Cc1ccc(-c2c(C)ccc3c2oc2c(-c4ccccc4)c(F)ccc23)[n+](C)c1.Cc1ccc2c(oc3cc(F)ccc32)c1-c1cc(C(C)C)cc[n+]1C. The first-order valence-corrected chi connectivity index (χ1v) is 37.9. The molecule has 114 heavy (non-hydrogen) atoms. The number of benzene rings is 11. The van der Waals surface area contributed by atoms with E-state index in [4.69, 9.17) is 17.7 Å². The van der Waals surface area contributed by atoms with Gasteiger partial charge in [-0.3, -0.25) is 0 Å². The molecular formula is C100H82F6N4O4+4. The van der Waals surface area contributed by atoms with Crippen LogP contribution >= 0.6 is 0 Å². The topological polar surface area (TPSA) is 68.1 Å². The Kier molecular flexibility index (Phi) is 19.8. The third-order valence-electron chi connectivity index (χ3n) is 21.7. The van der Waals surface area contributed by atoms with Crippen LogP contribution in [0.2, 0.25) is 0 Å². The minimum absolute atomic E-state index is 0.232. The van der Waals surface area contributed by atoms with Crippen LogP contribution in [0.15, 0.2) is 273 Å². The number of rotatable bonds is 8. The maximum Gasteiger partial charge on any atom is 0.216 e. The van der Waals surface area contributed by atoms with Gasteiger partial charge >= 0.3 is 0 Å². The summed E-state index contributed by atoms with van der Waals surface area (Å²) in [7, 11) is 8.01. The second kappa shape index (κ2) is 30.1. The Morgan fingerprint density at radius 3 is 1.11 bits per heavy atom. The highest BCUT2D eigenvalue weighted by Gasteiger charge is 2.30. The lowest BCUT2D eigenvalue weighted by atomic mass is 9.97. The van der Waals surface area contributed by atoms with E-state index in [2.05, 4.69) is 105 Å². The predicted molar refractivity (Wildman–Crippen MR) is 445 cm³/mol. The molecule has 0 aliphatic carbocycles. The first-order chi connectivity index (χ1) is 54.9. The Morgan fingerprint density at radius 1 is 0.272 bits per heavy atom. The number of furan rings is 4. The van der Waals surface area contributed by atoms with Gasteiger partial charge in [-0.2, -0.15) is 0 Å². The molecule has 0 bridgehead atoms. The third-order valence-corrected chi connectivity index (χ3v) is 21.7. The molecule has 0 atom stereocenters. The van der Waals surface area contributed by atoms with Crippen molar-refractivity contribution in [3.8, 4) is 78.4 Å². The highest BCUT2D eigenvalue weighted by Crippen LogP contribution is 2.47. The molecule has 19 aromatic rings. The van der Waals surface area contributed by atoms with Crippen LogP contribution < -0.4 is 18.3 Å². The Morgan fingerprint density at radius 2 is 0.632 bits per heavy atom. The van der Waals surface area contributed by atoms with E-state index in [9.17, 15) is 22.0 Å². The average molecular weight is 1520 g/mol. The molecule has 8 aromatic heterocycles. The lowest BCUT2D eigenvalue weighted by Gasteiger charge is -2.09. The van der Waals surface area contributed by atoms with Crippen molar-refractivity contribution >= 4 is 87.8 Å². The van der Waals surface area contributed by atoms with Gasteiger partial charge in [-0.05, 0) is 160 Å². The predicted octanol–water partition coefficient (Wildman–Crippen LogP) is 25.4. The van der Waals surface area contributed by atoms with Gasteiger partial charge in [-0.15, -0.1) is 0 Å². The van der Waals surface area contributed by atoms with Crippen LogP contribution in [0, 0.1) is 83.4 Å². The zero-order chi connectivity index (χ0) is 79.8. The van der Waals surface area contributed by atoms with Gasteiger partial charge in [0.05, 0.1) is 49.7 Å². The van der Waals surface area contributed by atoms with Gasteiger partial charge < -0.3 is 17.7 Å². The largest absolute Gasteiger partial charge is 0.455 e. The molecule has 0 fully saturated rings.